The van der Waals surface area contributed by atoms with Crippen LogP contribution in [-0.2, 0) is 25.9 Å². The highest BCUT2D eigenvalue weighted by atomic mass is 32.2. The molecule has 0 bridgehead atoms. The van der Waals surface area contributed by atoms with Crippen molar-refractivity contribution in [1.82, 2.24) is 9.97 Å². The number of sulfonamides is 1. The largest absolute Gasteiger partial charge is 0.497 e. The number of rotatable bonds is 8. The van der Waals surface area contributed by atoms with Gasteiger partial charge in [-0.3, -0.25) is 0 Å². The normalized spacial score (nSPS) is 16.2. The number of hydrogen-bond acceptors (Lipinski definition) is 8. The molecule has 5 rings (SSSR count). The third-order valence-electron chi connectivity index (χ3n) is 7.61. The molecule has 1 aliphatic rings. The van der Waals surface area contributed by atoms with Gasteiger partial charge in [-0.25, -0.2) is 22.7 Å². The highest BCUT2D eigenvalue weighted by Crippen LogP contribution is 2.37. The van der Waals surface area contributed by atoms with Crippen molar-refractivity contribution < 1.29 is 27.2 Å². The van der Waals surface area contributed by atoms with E-state index >= 15 is 0 Å². The fourth-order valence-electron chi connectivity index (χ4n) is 4.61. The Hall–Kier alpha value is -3.67. The average Bonchev–Trinajstić information content (AvgIpc) is 3.17. The molecule has 11 heteroatoms. The number of nitrogens with zero attached hydrogens (tertiary/aromatic N) is 3. The van der Waals surface area contributed by atoms with Gasteiger partial charge < -0.3 is 18.8 Å². The first-order chi connectivity index (χ1) is 19.0. The van der Waals surface area contributed by atoms with Crippen LogP contribution >= 0.6 is 0 Å². The van der Waals surface area contributed by atoms with Crippen LogP contribution in [0.5, 0.6) is 11.5 Å². The van der Waals surface area contributed by atoms with Gasteiger partial charge in [0.1, 0.15) is 23.6 Å². The number of aromatic nitrogens is 2. The summed E-state index contributed by atoms with van der Waals surface area (Å²) in [6, 6.07) is 17.6. The fraction of sp³-hybridized carbons (Fsp3) is 0.310. The van der Waals surface area contributed by atoms with Crippen molar-refractivity contribution in [2.75, 3.05) is 18.5 Å². The second kappa shape index (κ2) is 10.4. The van der Waals surface area contributed by atoms with Gasteiger partial charge in [0.2, 0.25) is 0 Å². The summed E-state index contributed by atoms with van der Waals surface area (Å²) in [5.74, 6) is 1.34. The number of fused-ring (bicyclic) bond motifs is 1. The van der Waals surface area contributed by atoms with Gasteiger partial charge in [-0.05, 0) is 68.2 Å². The Morgan fingerprint density at radius 1 is 0.925 bits per heavy atom. The predicted octanol–water partition coefficient (Wildman–Crippen LogP) is 4.34. The van der Waals surface area contributed by atoms with Crippen LogP contribution in [0.1, 0.15) is 33.3 Å². The lowest BCUT2D eigenvalue weighted by Crippen LogP contribution is -2.41. The Bertz CT molecular complexity index is 1630. The predicted molar refractivity (Wildman–Crippen MR) is 155 cm³/mol. The molecule has 0 atom stereocenters. The van der Waals surface area contributed by atoms with Crippen molar-refractivity contribution in [3.63, 3.8) is 0 Å². The van der Waals surface area contributed by atoms with E-state index in [-0.39, 0.29) is 17.3 Å². The first kappa shape index (κ1) is 27.9. The molecule has 1 aliphatic heterocycles. The summed E-state index contributed by atoms with van der Waals surface area (Å²) >= 11 is 0. The monoisotopic (exact) mass is 561 g/mol. The van der Waals surface area contributed by atoms with Crippen LogP contribution in [0.3, 0.4) is 0 Å². The number of anilines is 1. The summed E-state index contributed by atoms with van der Waals surface area (Å²) in [5, 5.41) is 1.60. The number of methoxy groups -OCH3 is 2. The maximum Gasteiger partial charge on any atom is 0.495 e. The third-order valence-corrected chi connectivity index (χ3v) is 9.36. The summed E-state index contributed by atoms with van der Waals surface area (Å²) < 4.78 is 53.0. The third kappa shape index (κ3) is 5.00. The molecule has 9 nitrogen and oxygen atoms in total. The van der Waals surface area contributed by atoms with E-state index in [4.69, 9.17) is 18.8 Å². The van der Waals surface area contributed by atoms with E-state index in [2.05, 4.69) is 9.97 Å². The van der Waals surface area contributed by atoms with E-state index in [0.717, 1.165) is 16.2 Å². The van der Waals surface area contributed by atoms with E-state index < -0.39 is 28.3 Å². The van der Waals surface area contributed by atoms with Crippen LogP contribution in [0.25, 0.3) is 10.8 Å². The molecule has 1 aromatic heterocycles. The first-order valence-electron chi connectivity index (χ1n) is 12.8. The SMILES string of the molecule is COc1ccc(CN(c2ccncn2)S(=O)(=O)c2ccc3c(B4OC(C)(C)C(C)(C)O4)cccc3c2)c(OC)c1. The van der Waals surface area contributed by atoms with Crippen LogP contribution in [0.4, 0.5) is 5.82 Å². The average molecular weight is 561 g/mol. The molecule has 0 N–H and O–H groups in total. The molecule has 4 aromatic rings. The number of benzene rings is 3. The van der Waals surface area contributed by atoms with E-state index in [0.29, 0.717) is 17.1 Å². The Balaban J connectivity index is 1.56. The molecule has 3 aromatic carbocycles. The molecule has 0 saturated carbocycles. The maximum atomic E-state index is 14.2. The summed E-state index contributed by atoms with van der Waals surface area (Å²) in [6.07, 6.45) is 2.83. The van der Waals surface area contributed by atoms with Gasteiger partial charge in [-0.15, -0.1) is 0 Å². The van der Waals surface area contributed by atoms with Crippen molar-refractivity contribution in [3.8, 4) is 11.5 Å². The number of hydrogen-bond donors (Lipinski definition) is 0. The topological polar surface area (TPSA) is 100 Å². The standard InChI is InChI=1S/C29H32BN3O6S/c1-28(2)29(3,4)39-30(38-28)25-9-7-8-20-16-23(12-13-24(20)25)40(34,35)33(27-14-15-31-19-32-27)18-21-10-11-22(36-5)17-26(21)37-6/h7-17,19H,18H2,1-6H3. The molecular formula is C29H32BN3O6S. The summed E-state index contributed by atoms with van der Waals surface area (Å²) in [4.78, 5) is 8.33. The maximum absolute atomic E-state index is 14.2. The minimum Gasteiger partial charge on any atom is -0.497 e. The van der Waals surface area contributed by atoms with Crippen molar-refractivity contribution in [2.45, 2.75) is 50.3 Å². The summed E-state index contributed by atoms with van der Waals surface area (Å²) in [6.45, 7) is 7.99. The van der Waals surface area contributed by atoms with Crippen molar-refractivity contribution >= 4 is 39.2 Å². The second-order valence-corrected chi connectivity index (χ2v) is 12.4. The molecule has 1 saturated heterocycles. The van der Waals surface area contributed by atoms with Gasteiger partial charge in [0.15, 0.2) is 0 Å². The zero-order valence-electron chi connectivity index (χ0n) is 23.4. The minimum absolute atomic E-state index is 0.0154. The van der Waals surface area contributed by atoms with Crippen LogP contribution < -0.4 is 19.2 Å². The Morgan fingerprint density at radius 3 is 2.33 bits per heavy atom. The highest BCUT2D eigenvalue weighted by molar-refractivity contribution is 7.92. The molecule has 2 heterocycles. The Kier molecular flexibility index (Phi) is 7.24. The van der Waals surface area contributed by atoms with Gasteiger partial charge in [-0.2, -0.15) is 0 Å². The van der Waals surface area contributed by atoms with E-state index in [9.17, 15) is 8.42 Å². The lowest BCUT2D eigenvalue weighted by molar-refractivity contribution is 0.00578. The summed E-state index contributed by atoms with van der Waals surface area (Å²) in [7, 11) is -1.54. The minimum atomic E-state index is -4.06. The van der Waals surface area contributed by atoms with Crippen LogP contribution in [0, 0.1) is 0 Å². The molecule has 0 amide bonds. The smallest absolute Gasteiger partial charge is 0.495 e. The molecule has 0 aliphatic carbocycles. The van der Waals surface area contributed by atoms with Crippen molar-refractivity contribution in [3.05, 3.63) is 78.8 Å². The first-order valence-corrected chi connectivity index (χ1v) is 14.3. The molecule has 208 valence electrons. The Morgan fingerprint density at radius 2 is 1.68 bits per heavy atom. The van der Waals surface area contributed by atoms with Crippen LogP contribution in [0.15, 0.2) is 78.1 Å². The zero-order chi connectivity index (χ0) is 28.7. The quantitative estimate of drug-likeness (QED) is 0.293. The molecule has 0 unspecified atom stereocenters. The van der Waals surface area contributed by atoms with Gasteiger partial charge >= 0.3 is 7.12 Å². The molecule has 0 spiro atoms. The van der Waals surface area contributed by atoms with Gasteiger partial charge in [0.05, 0.1) is 36.9 Å². The van der Waals surface area contributed by atoms with Crippen molar-refractivity contribution in [2.24, 2.45) is 0 Å². The van der Waals surface area contributed by atoms with Gasteiger partial charge in [-0.1, -0.05) is 24.3 Å². The fourth-order valence-corrected chi connectivity index (χ4v) is 6.04. The summed E-state index contributed by atoms with van der Waals surface area (Å²) in [5.41, 5.74) is 0.498. The van der Waals surface area contributed by atoms with Crippen LogP contribution in [0.2, 0.25) is 0 Å². The lowest BCUT2D eigenvalue weighted by atomic mass is 9.76. The zero-order valence-corrected chi connectivity index (χ0v) is 24.2. The lowest BCUT2D eigenvalue weighted by Gasteiger charge is -2.32. The molecule has 0 radical (unpaired) electrons. The molecular weight excluding hydrogens is 529 g/mol. The highest BCUT2D eigenvalue weighted by Gasteiger charge is 2.52. The number of ether oxygens (including phenoxy) is 2. The van der Waals surface area contributed by atoms with Gasteiger partial charge in [0.25, 0.3) is 10.0 Å². The van der Waals surface area contributed by atoms with E-state index in [1.165, 1.54) is 23.9 Å². The van der Waals surface area contributed by atoms with Gasteiger partial charge in [0, 0.05) is 23.9 Å². The molecule has 1 fully saturated rings. The van der Waals surface area contributed by atoms with E-state index in [1.54, 1.807) is 49.6 Å². The van der Waals surface area contributed by atoms with Crippen LogP contribution in [-0.4, -0.2) is 50.9 Å². The second-order valence-electron chi connectivity index (χ2n) is 10.6. The molecule has 40 heavy (non-hydrogen) atoms. The van der Waals surface area contributed by atoms with E-state index in [1.807, 2.05) is 45.9 Å². The van der Waals surface area contributed by atoms with Crippen molar-refractivity contribution in [1.29, 1.82) is 0 Å². The Labute approximate surface area is 235 Å².